The molecule has 6 heterocycles. The van der Waals surface area contributed by atoms with Gasteiger partial charge in [0.15, 0.2) is 43.8 Å². The van der Waals surface area contributed by atoms with Gasteiger partial charge in [-0.25, -0.2) is 4.79 Å². The van der Waals surface area contributed by atoms with Crippen molar-refractivity contribution in [2.45, 2.75) is 203 Å². The summed E-state index contributed by atoms with van der Waals surface area (Å²) < 4.78 is 66.5. The molecule has 30 atom stereocenters. The SMILES string of the molecule is NCCCCCO[C@H]1OC(CO)[C@H](O[C@H]2OC(CO)[C@@H](O[C@@H]3OC(CO)[C@@H](O[C@@H]4OC(C(=O)O)[C@@H](O[C@H]5OC(CO)[C@H](O[C@H]6OC(CO)[C@@H](O)C(O)C6O)C(O)C5O)C(O)C4O)C(O)C3O)C(O)C2O)C(O)C1O. The summed E-state index contributed by atoms with van der Waals surface area (Å²) in [6.07, 6.45) is -56.5. The summed E-state index contributed by atoms with van der Waals surface area (Å²) in [6, 6.07) is 0. The summed E-state index contributed by atoms with van der Waals surface area (Å²) in [4.78, 5) is 12.5. The van der Waals surface area contributed by atoms with Crippen molar-refractivity contribution in [3.8, 4) is 0 Å². The van der Waals surface area contributed by atoms with Gasteiger partial charge in [-0.3, -0.25) is 0 Å². The lowest BCUT2D eigenvalue weighted by Crippen LogP contribution is -2.68. The quantitative estimate of drug-likeness (QED) is 0.0448. The zero-order chi connectivity index (χ0) is 54.5. The fraction of sp³-hybridized carbons (Fsp3) is 0.976. The molecule has 0 aromatic carbocycles. The molecule has 0 bridgehead atoms. The average molecular weight is 1090 g/mol. The molecule has 6 saturated heterocycles. The van der Waals surface area contributed by atoms with Crippen molar-refractivity contribution in [2.24, 2.45) is 5.73 Å². The van der Waals surface area contributed by atoms with E-state index in [1.54, 1.807) is 0 Å². The fourth-order valence-corrected chi connectivity index (χ4v) is 9.23. The molecule has 21 N–H and O–H groups in total. The van der Waals surface area contributed by atoms with Gasteiger partial charge in [-0.15, -0.1) is 0 Å². The minimum Gasteiger partial charge on any atom is -0.479 e. The first-order chi connectivity index (χ1) is 35.2. The van der Waals surface area contributed by atoms with Crippen LogP contribution in [-0.4, -0.2) is 333 Å². The Hall–Kier alpha value is -1.77. The molecule has 0 aromatic heterocycles. The van der Waals surface area contributed by atoms with Gasteiger partial charge in [0.1, 0.15) is 140 Å². The number of hydrogen-bond acceptors (Lipinski definition) is 32. The maximum absolute atomic E-state index is 12.5. The van der Waals surface area contributed by atoms with Gasteiger partial charge in [0.25, 0.3) is 0 Å². The molecule has 6 aliphatic rings. The molecule has 0 saturated carbocycles. The smallest absolute Gasteiger partial charge is 0.335 e. The summed E-state index contributed by atoms with van der Waals surface area (Å²) in [5, 5.41) is 202. The number of ether oxygens (including phenoxy) is 12. The zero-order valence-corrected chi connectivity index (χ0v) is 39.3. The van der Waals surface area contributed by atoms with Crippen LogP contribution in [0.3, 0.4) is 0 Å². The van der Waals surface area contributed by atoms with Crippen molar-refractivity contribution in [1.82, 2.24) is 0 Å². The normalized spacial score (nSPS) is 49.4. The second kappa shape index (κ2) is 27.4. The van der Waals surface area contributed by atoms with Gasteiger partial charge < -0.3 is 160 Å². The van der Waals surface area contributed by atoms with E-state index in [4.69, 9.17) is 62.6 Å². The summed E-state index contributed by atoms with van der Waals surface area (Å²) in [7, 11) is 0. The number of carboxylic acid groups (broad SMARTS) is 1. The monoisotopic (exact) mass is 1090 g/mol. The van der Waals surface area contributed by atoms with E-state index in [0.29, 0.717) is 19.4 Å². The Bertz CT molecular complexity index is 1690. The number of aliphatic hydroxyl groups is 18. The molecule has 0 radical (unpaired) electrons. The van der Waals surface area contributed by atoms with E-state index in [2.05, 4.69) is 0 Å². The van der Waals surface area contributed by atoms with Gasteiger partial charge >= 0.3 is 5.97 Å². The number of nitrogens with two attached hydrogens (primary N) is 1. The number of carbonyl (C=O) groups is 1. The van der Waals surface area contributed by atoms with Crippen LogP contribution < -0.4 is 5.73 Å². The molecule has 0 spiro atoms. The first kappa shape index (κ1) is 61.4. The second-order valence-corrected chi connectivity index (χ2v) is 18.5. The minimum atomic E-state index is -2.36. The predicted octanol–water partition coefficient (Wildman–Crippen LogP) is -12.9. The van der Waals surface area contributed by atoms with E-state index in [1.807, 2.05) is 0 Å². The van der Waals surface area contributed by atoms with Crippen LogP contribution in [0, 0.1) is 0 Å². The van der Waals surface area contributed by atoms with Gasteiger partial charge in [0.2, 0.25) is 0 Å². The van der Waals surface area contributed by atoms with Crippen molar-refractivity contribution in [2.75, 3.05) is 46.2 Å². The minimum absolute atomic E-state index is 0.111. The van der Waals surface area contributed by atoms with E-state index in [1.165, 1.54) is 0 Å². The second-order valence-electron chi connectivity index (χ2n) is 18.5. The Kier molecular flexibility index (Phi) is 22.8. The third kappa shape index (κ3) is 13.3. The largest absolute Gasteiger partial charge is 0.479 e. The number of hydrogen-bond donors (Lipinski definition) is 20. The van der Waals surface area contributed by atoms with Gasteiger partial charge in [-0.1, -0.05) is 0 Å². The summed E-state index contributed by atoms with van der Waals surface area (Å²) in [6.45, 7) is -4.19. The molecule has 0 aliphatic carbocycles. The van der Waals surface area contributed by atoms with E-state index in [-0.39, 0.29) is 6.61 Å². The van der Waals surface area contributed by atoms with Gasteiger partial charge in [-0.05, 0) is 25.8 Å². The summed E-state index contributed by atoms with van der Waals surface area (Å²) in [5.74, 6) is -1.91. The topological polar surface area (TPSA) is 538 Å². The van der Waals surface area contributed by atoms with Crippen molar-refractivity contribution >= 4 is 5.97 Å². The van der Waals surface area contributed by atoms with Crippen LogP contribution in [0.4, 0.5) is 0 Å². The Labute approximate surface area is 419 Å². The molecule has 432 valence electrons. The molecule has 74 heavy (non-hydrogen) atoms. The third-order valence-corrected chi connectivity index (χ3v) is 13.5. The van der Waals surface area contributed by atoms with Crippen LogP contribution in [-0.2, 0) is 61.6 Å². The Balaban J connectivity index is 1.06. The molecule has 0 amide bonds. The number of aliphatic hydroxyl groups excluding tert-OH is 18. The molecule has 6 rings (SSSR count). The number of unbranched alkanes of at least 4 members (excludes halogenated alkanes) is 2. The molecule has 0 aromatic rings. The van der Waals surface area contributed by atoms with E-state index in [9.17, 15) is 102 Å². The van der Waals surface area contributed by atoms with E-state index >= 15 is 0 Å². The average Bonchev–Trinajstić information content (AvgIpc) is 3.38. The Morgan fingerprint density at radius 3 is 1.00 bits per heavy atom. The standard InChI is InChI=1S/C41H71NO32/c42-4-2-1-3-5-63-36-24(56)18(50)29(12(7-44)65-36)70-38-25(57)19(51)31(13(8-45)66-38)71-39-26(58)20(52)32(15(10-47)67-39)72-41-28(60)22(54)33(34(74-41)35(61)62)73-40-27(59)21(53)30(14(9-46)68-40)69-37-23(55)17(49)16(48)11(6-43)64-37/h11-34,36-41,43-60H,1-10,42H2,(H,61,62)/t11?,12?,13?,14?,15?,16-,17?,18?,19?,20?,21?,22?,23?,24?,25?,26?,27?,28?,29+,30+,31-,32-,33+,34?,36+,37-,38-,39+,40-,41-/m1/s1. The molecular weight excluding hydrogens is 1020 g/mol. The van der Waals surface area contributed by atoms with Gasteiger partial charge in [0, 0.05) is 6.61 Å². The maximum Gasteiger partial charge on any atom is 0.335 e. The molecule has 33 nitrogen and oxygen atoms in total. The fourth-order valence-electron chi connectivity index (χ4n) is 9.23. The first-order valence-electron chi connectivity index (χ1n) is 23.8. The van der Waals surface area contributed by atoms with Crippen molar-refractivity contribution < 1.29 is 159 Å². The van der Waals surface area contributed by atoms with Crippen LogP contribution in [0.15, 0.2) is 0 Å². The number of rotatable bonds is 22. The van der Waals surface area contributed by atoms with Crippen LogP contribution >= 0.6 is 0 Å². The molecular formula is C41H71NO32. The first-order valence-corrected chi connectivity index (χ1v) is 23.8. The zero-order valence-electron chi connectivity index (χ0n) is 39.3. The van der Waals surface area contributed by atoms with Gasteiger partial charge in [-0.2, -0.15) is 0 Å². The molecule has 33 heteroatoms. The third-order valence-electron chi connectivity index (χ3n) is 13.5. The molecule has 18 unspecified atom stereocenters. The van der Waals surface area contributed by atoms with Crippen molar-refractivity contribution in [3.05, 3.63) is 0 Å². The maximum atomic E-state index is 12.5. The summed E-state index contributed by atoms with van der Waals surface area (Å²) >= 11 is 0. The van der Waals surface area contributed by atoms with Crippen LogP contribution in [0.2, 0.25) is 0 Å². The highest BCUT2D eigenvalue weighted by molar-refractivity contribution is 5.73. The Morgan fingerprint density at radius 1 is 0.351 bits per heavy atom. The lowest BCUT2D eigenvalue weighted by atomic mass is 9.95. The lowest BCUT2D eigenvalue weighted by molar-refractivity contribution is -0.393. The Morgan fingerprint density at radius 2 is 0.649 bits per heavy atom. The van der Waals surface area contributed by atoms with Crippen LogP contribution in [0.1, 0.15) is 19.3 Å². The molecule has 6 aliphatic heterocycles. The molecule has 6 fully saturated rings. The summed E-state index contributed by atoms with van der Waals surface area (Å²) in [5.41, 5.74) is 5.49. The van der Waals surface area contributed by atoms with Crippen molar-refractivity contribution in [3.63, 3.8) is 0 Å². The van der Waals surface area contributed by atoms with E-state index in [0.717, 1.165) is 6.42 Å². The highest BCUT2D eigenvalue weighted by atomic mass is 16.8. The predicted molar refractivity (Wildman–Crippen MR) is 226 cm³/mol. The highest BCUT2D eigenvalue weighted by Crippen LogP contribution is 2.37. The van der Waals surface area contributed by atoms with Crippen LogP contribution in [0.25, 0.3) is 0 Å². The van der Waals surface area contributed by atoms with Crippen LogP contribution in [0.5, 0.6) is 0 Å². The lowest BCUT2D eigenvalue weighted by Gasteiger charge is -2.49. The van der Waals surface area contributed by atoms with E-state index < -0.39 is 223 Å². The number of carboxylic acids is 1. The number of aliphatic carboxylic acids is 1. The van der Waals surface area contributed by atoms with Crippen molar-refractivity contribution in [1.29, 1.82) is 0 Å². The highest BCUT2D eigenvalue weighted by Gasteiger charge is 2.58. The van der Waals surface area contributed by atoms with Gasteiger partial charge in [0.05, 0.1) is 33.0 Å².